The fourth-order valence-corrected chi connectivity index (χ4v) is 3.56. The number of nitrogens with zero attached hydrogens (tertiary/aromatic N) is 4. The minimum Gasteiger partial charge on any atom is -0.347 e. The van der Waals surface area contributed by atoms with E-state index < -0.39 is 0 Å². The van der Waals surface area contributed by atoms with Gasteiger partial charge in [0, 0.05) is 43.8 Å². The highest BCUT2D eigenvalue weighted by Gasteiger charge is 2.17. The van der Waals surface area contributed by atoms with E-state index in [4.69, 9.17) is 5.26 Å². The zero-order chi connectivity index (χ0) is 15.4. The second-order valence-corrected chi connectivity index (χ2v) is 6.89. The van der Waals surface area contributed by atoms with E-state index in [0.29, 0.717) is 0 Å². The fourth-order valence-electron chi connectivity index (χ4n) is 2.75. The number of benzene rings is 1. The van der Waals surface area contributed by atoms with Gasteiger partial charge in [-0.15, -0.1) is 11.3 Å². The topological polar surface area (TPSA) is 43.2 Å². The maximum Gasteiger partial charge on any atom is 0.185 e. The molecule has 1 saturated heterocycles. The lowest BCUT2D eigenvalue weighted by Gasteiger charge is -2.21. The Morgan fingerprint density at radius 3 is 2.68 bits per heavy atom. The van der Waals surface area contributed by atoms with E-state index >= 15 is 0 Å². The summed E-state index contributed by atoms with van der Waals surface area (Å²) in [4.78, 5) is 10.7. The lowest BCUT2D eigenvalue weighted by atomic mass is 10.1. The largest absolute Gasteiger partial charge is 0.347 e. The zero-order valence-corrected chi connectivity index (χ0v) is 13.6. The van der Waals surface area contributed by atoms with Crippen molar-refractivity contribution >= 4 is 16.5 Å². The van der Waals surface area contributed by atoms with E-state index in [2.05, 4.69) is 39.9 Å². The third-order valence-corrected chi connectivity index (χ3v) is 4.93. The Bertz CT molecular complexity index is 656. The van der Waals surface area contributed by atoms with Gasteiger partial charge < -0.3 is 4.90 Å². The minimum atomic E-state index is 0.727. The number of hydrogen-bond acceptors (Lipinski definition) is 5. The predicted molar refractivity (Wildman–Crippen MR) is 90.1 cm³/mol. The van der Waals surface area contributed by atoms with Crippen molar-refractivity contribution in [3.8, 4) is 6.07 Å². The molecule has 2 aromatic rings. The van der Waals surface area contributed by atoms with Gasteiger partial charge in [0.1, 0.15) is 0 Å². The van der Waals surface area contributed by atoms with Crippen LogP contribution in [-0.2, 0) is 6.54 Å². The first-order valence-electron chi connectivity index (χ1n) is 7.63. The van der Waals surface area contributed by atoms with Gasteiger partial charge >= 0.3 is 0 Å². The standard InChI is InChI=1S/C17H20N4S/c1-14-12-19-17(22-14)21-8-2-7-20(9-10-21)13-16-5-3-15(11-18)4-6-16/h3-6,12H,2,7-10,13H2,1H3. The molecule has 4 nitrogen and oxygen atoms in total. The molecule has 0 saturated carbocycles. The van der Waals surface area contributed by atoms with Gasteiger partial charge in [-0.05, 0) is 31.0 Å². The Morgan fingerprint density at radius 1 is 1.18 bits per heavy atom. The SMILES string of the molecule is Cc1cnc(N2CCCN(Cc3ccc(C#N)cc3)CC2)s1. The van der Waals surface area contributed by atoms with Crippen molar-refractivity contribution in [3.63, 3.8) is 0 Å². The van der Waals surface area contributed by atoms with E-state index in [9.17, 15) is 0 Å². The van der Waals surface area contributed by atoms with E-state index in [1.807, 2.05) is 18.3 Å². The highest BCUT2D eigenvalue weighted by Crippen LogP contribution is 2.23. The van der Waals surface area contributed by atoms with Crippen LogP contribution in [0, 0.1) is 18.3 Å². The van der Waals surface area contributed by atoms with Gasteiger partial charge in [0.15, 0.2) is 5.13 Å². The molecule has 1 aliphatic rings. The molecule has 0 atom stereocenters. The molecular formula is C17H20N4S. The maximum atomic E-state index is 8.86. The summed E-state index contributed by atoms with van der Waals surface area (Å²) >= 11 is 1.78. The molecular weight excluding hydrogens is 292 g/mol. The molecule has 1 aromatic heterocycles. The second-order valence-electron chi connectivity index (χ2n) is 5.68. The second kappa shape index (κ2) is 6.91. The Kier molecular flexibility index (Phi) is 4.71. The summed E-state index contributed by atoms with van der Waals surface area (Å²) < 4.78 is 0. The molecule has 0 aliphatic carbocycles. The van der Waals surface area contributed by atoms with Crippen LogP contribution < -0.4 is 4.90 Å². The smallest absolute Gasteiger partial charge is 0.185 e. The summed E-state index contributed by atoms with van der Waals surface area (Å²) in [5, 5.41) is 10.0. The fraction of sp³-hybridized carbons (Fsp3) is 0.412. The zero-order valence-electron chi connectivity index (χ0n) is 12.8. The van der Waals surface area contributed by atoms with Gasteiger partial charge in [-0.2, -0.15) is 5.26 Å². The first kappa shape index (κ1) is 15.0. The van der Waals surface area contributed by atoms with E-state index in [1.165, 1.54) is 10.4 Å². The molecule has 1 aromatic carbocycles. The Balaban J connectivity index is 1.59. The van der Waals surface area contributed by atoms with Crippen LogP contribution >= 0.6 is 11.3 Å². The van der Waals surface area contributed by atoms with Gasteiger partial charge in [0.25, 0.3) is 0 Å². The van der Waals surface area contributed by atoms with Crippen LogP contribution in [0.5, 0.6) is 0 Å². The lowest BCUT2D eigenvalue weighted by Crippen LogP contribution is -2.30. The van der Waals surface area contributed by atoms with Crippen molar-refractivity contribution in [2.24, 2.45) is 0 Å². The molecule has 114 valence electrons. The van der Waals surface area contributed by atoms with Crippen LogP contribution in [0.4, 0.5) is 5.13 Å². The molecule has 0 amide bonds. The number of hydrogen-bond donors (Lipinski definition) is 0. The molecule has 2 heterocycles. The van der Waals surface area contributed by atoms with Gasteiger partial charge in [-0.1, -0.05) is 12.1 Å². The first-order valence-corrected chi connectivity index (χ1v) is 8.45. The predicted octanol–water partition coefficient (Wildman–Crippen LogP) is 3.04. The quantitative estimate of drug-likeness (QED) is 0.874. The Hall–Kier alpha value is -1.90. The average molecular weight is 312 g/mol. The van der Waals surface area contributed by atoms with E-state index in [0.717, 1.165) is 49.8 Å². The number of aryl methyl sites for hydroxylation is 1. The van der Waals surface area contributed by atoms with Crippen LogP contribution in [0.15, 0.2) is 30.5 Å². The molecule has 22 heavy (non-hydrogen) atoms. The molecule has 0 unspecified atom stereocenters. The number of nitriles is 1. The normalized spacial score (nSPS) is 16.3. The molecule has 5 heteroatoms. The molecule has 0 N–H and O–H groups in total. The Labute approximate surface area is 135 Å². The van der Waals surface area contributed by atoms with Gasteiger partial charge in [0.2, 0.25) is 0 Å². The van der Waals surface area contributed by atoms with Gasteiger partial charge in [0.05, 0.1) is 11.6 Å². The number of aromatic nitrogens is 1. The number of anilines is 1. The summed E-state index contributed by atoms with van der Waals surface area (Å²) in [6.45, 7) is 7.34. The van der Waals surface area contributed by atoms with E-state index in [1.54, 1.807) is 11.3 Å². The Morgan fingerprint density at radius 2 is 2.00 bits per heavy atom. The van der Waals surface area contributed by atoms with Crippen molar-refractivity contribution in [3.05, 3.63) is 46.5 Å². The number of rotatable bonds is 3. The summed E-state index contributed by atoms with van der Waals surface area (Å²) in [6, 6.07) is 10.1. The van der Waals surface area contributed by atoms with Crippen molar-refractivity contribution in [1.29, 1.82) is 5.26 Å². The molecule has 3 rings (SSSR count). The highest BCUT2D eigenvalue weighted by atomic mass is 32.1. The van der Waals surface area contributed by atoms with Crippen molar-refractivity contribution in [1.82, 2.24) is 9.88 Å². The molecule has 0 spiro atoms. The first-order chi connectivity index (χ1) is 10.7. The highest BCUT2D eigenvalue weighted by molar-refractivity contribution is 7.15. The molecule has 1 aliphatic heterocycles. The lowest BCUT2D eigenvalue weighted by molar-refractivity contribution is 0.285. The number of thiazole rings is 1. The van der Waals surface area contributed by atoms with Crippen molar-refractivity contribution in [2.75, 3.05) is 31.1 Å². The van der Waals surface area contributed by atoms with Gasteiger partial charge in [-0.3, -0.25) is 4.90 Å². The van der Waals surface area contributed by atoms with E-state index in [-0.39, 0.29) is 0 Å². The summed E-state index contributed by atoms with van der Waals surface area (Å²) in [7, 11) is 0. The monoisotopic (exact) mass is 312 g/mol. The summed E-state index contributed by atoms with van der Waals surface area (Å²) in [5.74, 6) is 0. The van der Waals surface area contributed by atoms with Crippen molar-refractivity contribution < 1.29 is 0 Å². The van der Waals surface area contributed by atoms with Gasteiger partial charge in [-0.25, -0.2) is 4.98 Å². The summed E-state index contributed by atoms with van der Waals surface area (Å²) in [5.41, 5.74) is 2.00. The van der Waals surface area contributed by atoms with Crippen LogP contribution in [0.1, 0.15) is 22.4 Å². The molecule has 0 bridgehead atoms. The van der Waals surface area contributed by atoms with Crippen LogP contribution in [0.25, 0.3) is 0 Å². The molecule has 0 radical (unpaired) electrons. The minimum absolute atomic E-state index is 0.727. The van der Waals surface area contributed by atoms with Crippen LogP contribution in [-0.4, -0.2) is 36.1 Å². The average Bonchev–Trinajstić information content (AvgIpc) is 2.83. The molecule has 1 fully saturated rings. The summed E-state index contributed by atoms with van der Waals surface area (Å²) in [6.07, 6.45) is 3.12. The van der Waals surface area contributed by atoms with Crippen LogP contribution in [0.3, 0.4) is 0 Å². The third-order valence-electron chi connectivity index (χ3n) is 3.96. The maximum absolute atomic E-state index is 8.86. The van der Waals surface area contributed by atoms with Crippen molar-refractivity contribution in [2.45, 2.75) is 19.9 Å². The van der Waals surface area contributed by atoms with Crippen LogP contribution in [0.2, 0.25) is 0 Å². The third kappa shape index (κ3) is 3.65.